The Morgan fingerprint density at radius 2 is 1.00 bits per heavy atom. The Morgan fingerprint density at radius 3 is 1.00 bits per heavy atom. The van der Waals surface area contributed by atoms with Crippen molar-refractivity contribution in [1.82, 2.24) is 0 Å². The van der Waals surface area contributed by atoms with Crippen molar-refractivity contribution >= 4 is 12.6 Å². The highest BCUT2D eigenvalue weighted by molar-refractivity contribution is 5.44. The molecule has 0 rings (SSSR count). The van der Waals surface area contributed by atoms with Crippen molar-refractivity contribution in [2.24, 2.45) is 0 Å². The first-order valence-corrected chi connectivity index (χ1v) is 1.63. The first kappa shape index (κ1) is 16.3. The maximum Gasteiger partial charge on any atom is 0.116 e. The first-order chi connectivity index (χ1) is 2.83. The van der Waals surface area contributed by atoms with Crippen LogP contribution in [0.25, 0.3) is 0 Å². The van der Waals surface area contributed by atoms with Crippen LogP contribution in [-0.4, -0.2) is 12.6 Å². The minimum absolute atomic E-state index is 0. The SMILES string of the molecule is CC=O.CC=O.F. The summed E-state index contributed by atoms with van der Waals surface area (Å²) in [4.78, 5) is 17.6. The lowest BCUT2D eigenvalue weighted by molar-refractivity contribution is -0.106. The van der Waals surface area contributed by atoms with Crippen LogP contribution in [0.15, 0.2) is 0 Å². The van der Waals surface area contributed by atoms with Crippen LogP contribution in [0.2, 0.25) is 0 Å². The van der Waals surface area contributed by atoms with Gasteiger partial charge >= 0.3 is 0 Å². The topological polar surface area (TPSA) is 34.1 Å². The average molecular weight is 108 g/mol. The number of aldehydes is 2. The monoisotopic (exact) mass is 108 g/mol. The number of hydrogen-bond donors (Lipinski definition) is 0. The second kappa shape index (κ2) is 59.6. The molecular weight excluding hydrogens is 99.0 g/mol. The fourth-order valence-corrected chi connectivity index (χ4v) is 0. The van der Waals surface area contributed by atoms with Gasteiger partial charge in [-0.05, 0) is 13.8 Å². The van der Waals surface area contributed by atoms with E-state index in [1.807, 2.05) is 0 Å². The van der Waals surface area contributed by atoms with Gasteiger partial charge in [0.1, 0.15) is 12.6 Å². The van der Waals surface area contributed by atoms with Gasteiger partial charge in [0.25, 0.3) is 0 Å². The molecule has 0 saturated carbocycles. The van der Waals surface area contributed by atoms with Gasteiger partial charge in [0.05, 0.1) is 0 Å². The molecule has 0 spiro atoms. The minimum Gasteiger partial charge on any atom is -0.304 e. The normalized spacial score (nSPS) is 3.71. The molecule has 0 aliphatic carbocycles. The van der Waals surface area contributed by atoms with Crippen molar-refractivity contribution in [3.63, 3.8) is 0 Å². The van der Waals surface area contributed by atoms with E-state index in [1.165, 1.54) is 13.8 Å². The van der Waals surface area contributed by atoms with E-state index in [-0.39, 0.29) is 4.70 Å². The Bertz CT molecular complexity index is 30.7. The van der Waals surface area contributed by atoms with Gasteiger partial charge in [0.15, 0.2) is 0 Å². The van der Waals surface area contributed by atoms with Crippen LogP contribution in [0, 0.1) is 0 Å². The molecule has 0 aliphatic rings. The zero-order chi connectivity index (χ0) is 5.41. The highest BCUT2D eigenvalue weighted by Gasteiger charge is 1.24. The number of carbonyl (C=O) groups is 2. The zero-order valence-corrected chi connectivity index (χ0v) is 4.38. The second-order valence-electron chi connectivity index (χ2n) is 0.471. The van der Waals surface area contributed by atoms with Crippen molar-refractivity contribution in [3.8, 4) is 0 Å². The van der Waals surface area contributed by atoms with Crippen LogP contribution in [0.5, 0.6) is 0 Å². The second-order valence-corrected chi connectivity index (χ2v) is 0.471. The summed E-state index contributed by atoms with van der Waals surface area (Å²) in [5.74, 6) is 0. The Labute approximate surface area is 41.9 Å². The summed E-state index contributed by atoms with van der Waals surface area (Å²) in [5, 5.41) is 0. The van der Waals surface area contributed by atoms with Crippen LogP contribution in [0.3, 0.4) is 0 Å². The van der Waals surface area contributed by atoms with E-state index in [2.05, 4.69) is 0 Å². The van der Waals surface area contributed by atoms with Crippen molar-refractivity contribution in [3.05, 3.63) is 0 Å². The highest BCUT2D eigenvalue weighted by Crippen LogP contribution is 1.13. The van der Waals surface area contributed by atoms with Crippen molar-refractivity contribution in [1.29, 1.82) is 0 Å². The predicted molar refractivity (Wildman–Crippen MR) is 26.0 cm³/mol. The largest absolute Gasteiger partial charge is 0.304 e. The maximum atomic E-state index is 8.81. The number of carbonyl (C=O) groups excluding carboxylic acids is 2. The predicted octanol–water partition coefficient (Wildman–Crippen LogP) is 0.563. The lowest BCUT2D eigenvalue weighted by Crippen LogP contribution is -1.36. The third kappa shape index (κ3) is 106. The molecule has 0 aromatic heterocycles. The molecule has 0 unspecified atom stereocenters. The lowest BCUT2D eigenvalue weighted by atomic mass is 11.0. The molecule has 0 fully saturated rings. The van der Waals surface area contributed by atoms with Crippen molar-refractivity contribution < 1.29 is 14.3 Å². The number of hydrogen-bond acceptors (Lipinski definition) is 2. The van der Waals surface area contributed by atoms with Gasteiger partial charge in [-0.15, -0.1) is 0 Å². The molecule has 0 saturated heterocycles. The number of halogens is 1. The fraction of sp³-hybridized carbons (Fsp3) is 0.500. The van der Waals surface area contributed by atoms with Crippen LogP contribution in [-0.2, 0) is 9.59 Å². The highest BCUT2D eigenvalue weighted by atomic mass is 19.0. The summed E-state index contributed by atoms with van der Waals surface area (Å²) in [6.45, 7) is 2.89. The summed E-state index contributed by atoms with van der Waals surface area (Å²) in [6, 6.07) is 0. The standard InChI is InChI=1S/2C2H4O.FH/c2*1-2-3;/h2*2H,1H3;1H. The molecule has 0 aromatic rings. The summed E-state index contributed by atoms with van der Waals surface area (Å²) in [6.07, 6.45) is 1.50. The quantitative estimate of drug-likeness (QED) is 0.425. The molecule has 2 nitrogen and oxygen atoms in total. The molecule has 0 bridgehead atoms. The van der Waals surface area contributed by atoms with Crippen molar-refractivity contribution in [2.75, 3.05) is 0 Å². The molecule has 3 heteroatoms. The van der Waals surface area contributed by atoms with Gasteiger partial charge in [0.2, 0.25) is 0 Å². The molecule has 0 aliphatic heterocycles. The molecule has 0 heterocycles. The minimum atomic E-state index is 0. The van der Waals surface area contributed by atoms with Gasteiger partial charge in [-0.2, -0.15) is 0 Å². The van der Waals surface area contributed by atoms with Crippen LogP contribution < -0.4 is 0 Å². The van der Waals surface area contributed by atoms with E-state index >= 15 is 0 Å². The molecule has 0 amide bonds. The Hall–Kier alpha value is -0.730. The third-order valence-electron chi connectivity index (χ3n) is 0. The summed E-state index contributed by atoms with van der Waals surface area (Å²) in [7, 11) is 0. The van der Waals surface area contributed by atoms with E-state index < -0.39 is 0 Å². The van der Waals surface area contributed by atoms with E-state index in [9.17, 15) is 0 Å². The molecule has 0 radical (unpaired) electrons. The zero-order valence-electron chi connectivity index (χ0n) is 4.38. The Balaban J connectivity index is -0.0000000400. The molecule has 7 heavy (non-hydrogen) atoms. The Kier molecular flexibility index (Phi) is 139. The van der Waals surface area contributed by atoms with E-state index in [0.29, 0.717) is 0 Å². The summed E-state index contributed by atoms with van der Waals surface area (Å²) < 4.78 is 0. The van der Waals surface area contributed by atoms with Gasteiger partial charge in [-0.3, -0.25) is 4.70 Å². The average Bonchev–Trinajstić information content (AvgIpc) is 1.39. The first-order valence-electron chi connectivity index (χ1n) is 1.63. The van der Waals surface area contributed by atoms with Crippen LogP contribution in [0.1, 0.15) is 13.8 Å². The van der Waals surface area contributed by atoms with Gasteiger partial charge < -0.3 is 9.59 Å². The van der Waals surface area contributed by atoms with Gasteiger partial charge in [-0.1, -0.05) is 0 Å². The van der Waals surface area contributed by atoms with Gasteiger partial charge in [0, 0.05) is 0 Å². The molecule has 0 N–H and O–H groups in total. The molecule has 0 atom stereocenters. The summed E-state index contributed by atoms with van der Waals surface area (Å²) >= 11 is 0. The number of rotatable bonds is 0. The third-order valence-corrected chi connectivity index (χ3v) is 0. The maximum absolute atomic E-state index is 8.81. The van der Waals surface area contributed by atoms with Crippen molar-refractivity contribution in [2.45, 2.75) is 13.8 Å². The van der Waals surface area contributed by atoms with E-state index in [1.54, 1.807) is 0 Å². The van der Waals surface area contributed by atoms with E-state index in [0.717, 1.165) is 12.6 Å². The Morgan fingerprint density at radius 1 is 1.00 bits per heavy atom. The van der Waals surface area contributed by atoms with E-state index in [4.69, 9.17) is 9.59 Å². The lowest BCUT2D eigenvalue weighted by Gasteiger charge is -1.24. The van der Waals surface area contributed by atoms with Gasteiger partial charge in [-0.25, -0.2) is 0 Å². The fourth-order valence-electron chi connectivity index (χ4n) is 0. The van der Waals surface area contributed by atoms with Crippen LogP contribution in [0.4, 0.5) is 4.70 Å². The summed E-state index contributed by atoms with van der Waals surface area (Å²) in [5.41, 5.74) is 0. The molecule has 44 valence electrons. The van der Waals surface area contributed by atoms with Crippen LogP contribution >= 0.6 is 0 Å². The molecule has 0 aromatic carbocycles. The molecular formula is C4H9FO2. The smallest absolute Gasteiger partial charge is 0.116 e.